The molecule has 0 amide bonds. The van der Waals surface area contributed by atoms with Crippen molar-refractivity contribution in [3.8, 4) is 29.1 Å². The number of ether oxygens (including phenoxy) is 4. The zero-order chi connectivity index (χ0) is 36.7. The number of H-pyrrole nitrogens is 1. The quantitative estimate of drug-likeness (QED) is 0.216. The van der Waals surface area contributed by atoms with Gasteiger partial charge in [-0.15, -0.1) is 11.8 Å². The summed E-state index contributed by atoms with van der Waals surface area (Å²) in [5.41, 5.74) is 10.0. The van der Waals surface area contributed by atoms with Crippen molar-refractivity contribution in [3.05, 3.63) is 80.0 Å². The predicted molar refractivity (Wildman–Crippen MR) is 200 cm³/mol. The maximum absolute atomic E-state index is 14.8. The van der Waals surface area contributed by atoms with Gasteiger partial charge in [0, 0.05) is 51.7 Å². The van der Waals surface area contributed by atoms with Crippen LogP contribution in [0.1, 0.15) is 73.1 Å². The molecule has 7 aliphatic rings. The second-order valence-electron chi connectivity index (χ2n) is 15.6. The van der Waals surface area contributed by atoms with Crippen molar-refractivity contribution in [3.63, 3.8) is 0 Å². The minimum absolute atomic E-state index is 0.0213. The first-order valence-electron chi connectivity index (χ1n) is 18.5. The second kappa shape index (κ2) is 11.5. The van der Waals surface area contributed by atoms with Crippen molar-refractivity contribution in [2.45, 2.75) is 81.5 Å². The number of hydrogen-bond donors (Lipinski definition) is 3. The molecule has 8 heterocycles. The predicted octanol–water partition coefficient (Wildman–Crippen LogP) is 5.45. The molecule has 2 saturated heterocycles. The van der Waals surface area contributed by atoms with Crippen molar-refractivity contribution in [1.29, 1.82) is 5.26 Å². The number of carbonyl (C=O) groups excluding carboxylic acids is 1. The van der Waals surface area contributed by atoms with Gasteiger partial charge in [0.05, 0.1) is 31.0 Å². The summed E-state index contributed by atoms with van der Waals surface area (Å²) in [6, 6.07) is 9.44. The first-order valence-corrected chi connectivity index (χ1v) is 19.5. The first kappa shape index (κ1) is 33.2. The molecule has 0 aliphatic carbocycles. The molecule has 0 saturated carbocycles. The van der Waals surface area contributed by atoms with Crippen molar-refractivity contribution < 1.29 is 28.8 Å². The number of nitriles is 1. The smallest absolute Gasteiger partial charge is 0.333 e. The number of esters is 1. The first-order chi connectivity index (χ1) is 25.6. The monoisotopic (exact) mass is 733 g/mol. The van der Waals surface area contributed by atoms with Crippen LogP contribution in [0.3, 0.4) is 0 Å². The number of nitrogens with zero attached hydrogens (tertiary/aromatic N) is 3. The maximum Gasteiger partial charge on any atom is 0.333 e. The standard InChI is InChI=1S/C41H43N5O6S/c1-18-7-8-25-24(11-18)23-9-10-43-41(39(23)44-25)16-53-38-29-20(3)21(4)36-37(52-17-51-36)31(29)28(15-50-40(41)48)46-27(14-42)26-13-22-12-19(2)35(49-6)34(47)30(22)32(33(38)46)45(26)5/h7-8,11-12,26-28,32-33,38,43-44,47H,9-10,13,15-17H2,1-6H3/t26-,27-,28-,32+,33+,38+,41+/m0/s1. The molecule has 4 bridgehead atoms. The molecule has 0 radical (unpaired) electrons. The van der Waals surface area contributed by atoms with Crippen LogP contribution in [0.15, 0.2) is 24.3 Å². The summed E-state index contributed by atoms with van der Waals surface area (Å²) in [5.74, 6) is 2.06. The number of phenols is 1. The summed E-state index contributed by atoms with van der Waals surface area (Å²) < 4.78 is 24.8. The van der Waals surface area contributed by atoms with E-state index >= 15 is 0 Å². The SMILES string of the molecule is COc1c(C)cc2c(c1O)[C@@H]1[C@@H]3[C@@H]4SC[C@]5(NCCc6c5[nH]c5ccc(C)cc65)C(=O)OC[C@@H](c5c6c(c(C)c(C)c54)OCO6)N3[C@@H](C#N)[C@H](C2)N1C. The Morgan fingerprint density at radius 2 is 1.89 bits per heavy atom. The van der Waals surface area contributed by atoms with E-state index in [4.69, 9.17) is 18.9 Å². The number of methoxy groups -OCH3 is 1. The van der Waals surface area contributed by atoms with Gasteiger partial charge in [-0.25, -0.2) is 4.79 Å². The highest BCUT2D eigenvalue weighted by molar-refractivity contribution is 7.99. The number of thioether (sulfide) groups is 1. The van der Waals surface area contributed by atoms with Crippen molar-refractivity contribution in [2.24, 2.45) is 0 Å². The van der Waals surface area contributed by atoms with E-state index in [2.05, 4.69) is 78.3 Å². The minimum atomic E-state index is -1.13. The Morgan fingerprint density at radius 3 is 2.68 bits per heavy atom. The Bertz CT molecular complexity index is 2320. The molecule has 2 fully saturated rings. The summed E-state index contributed by atoms with van der Waals surface area (Å²) in [6.45, 7) is 9.03. The Hall–Kier alpha value is -4.41. The molecule has 274 valence electrons. The minimum Gasteiger partial charge on any atom is -0.504 e. The topological polar surface area (TPSA) is 132 Å². The average molecular weight is 734 g/mol. The van der Waals surface area contributed by atoms with Gasteiger partial charge in [0.15, 0.2) is 28.5 Å². The number of carbonyl (C=O) groups is 1. The Labute approximate surface area is 312 Å². The lowest BCUT2D eigenvalue weighted by Gasteiger charge is -2.62. The summed E-state index contributed by atoms with van der Waals surface area (Å²) >= 11 is 1.72. The molecular formula is C41H43N5O6S. The zero-order valence-corrected chi connectivity index (χ0v) is 31.6. The average Bonchev–Trinajstić information content (AvgIpc) is 3.78. The number of nitrogens with one attached hydrogen (secondary N) is 2. The van der Waals surface area contributed by atoms with Gasteiger partial charge in [-0.1, -0.05) is 17.7 Å². The molecule has 12 heteroatoms. The molecule has 4 aromatic rings. The van der Waals surface area contributed by atoms with E-state index in [9.17, 15) is 15.2 Å². The molecule has 7 aliphatic heterocycles. The lowest BCUT2D eigenvalue weighted by molar-refractivity contribution is -0.157. The van der Waals surface area contributed by atoms with Gasteiger partial charge in [0.2, 0.25) is 6.79 Å². The largest absolute Gasteiger partial charge is 0.504 e. The van der Waals surface area contributed by atoms with E-state index in [0.717, 1.165) is 67.5 Å². The molecule has 7 atom stereocenters. The Balaban J connectivity index is 1.23. The van der Waals surface area contributed by atoms with Crippen LogP contribution in [-0.2, 0) is 27.9 Å². The number of aromatic amines is 1. The number of aromatic hydroxyl groups is 1. The third kappa shape index (κ3) is 4.25. The molecule has 53 heavy (non-hydrogen) atoms. The van der Waals surface area contributed by atoms with Gasteiger partial charge in [-0.3, -0.25) is 15.1 Å². The van der Waals surface area contributed by atoms with Gasteiger partial charge in [0.25, 0.3) is 0 Å². The van der Waals surface area contributed by atoms with Crippen molar-refractivity contribution in [2.75, 3.05) is 39.9 Å². The molecule has 3 N–H and O–H groups in total. The zero-order valence-electron chi connectivity index (χ0n) is 30.8. The lowest BCUT2D eigenvalue weighted by atomic mass is 9.71. The van der Waals surface area contributed by atoms with E-state index < -0.39 is 17.6 Å². The van der Waals surface area contributed by atoms with Crippen molar-refractivity contribution >= 4 is 28.6 Å². The molecule has 1 aromatic heterocycles. The number of aromatic nitrogens is 1. The summed E-state index contributed by atoms with van der Waals surface area (Å²) in [4.78, 5) is 23.1. The summed E-state index contributed by atoms with van der Waals surface area (Å²) in [6.07, 6.45) is 1.38. The van der Waals surface area contributed by atoms with Crippen LogP contribution in [0.25, 0.3) is 10.9 Å². The van der Waals surface area contributed by atoms with Crippen LogP contribution in [0.4, 0.5) is 0 Å². The molecule has 1 spiro atoms. The van der Waals surface area contributed by atoms with E-state index in [-0.39, 0.29) is 48.5 Å². The van der Waals surface area contributed by atoms with E-state index in [1.54, 1.807) is 18.9 Å². The fourth-order valence-corrected chi connectivity index (χ4v) is 12.5. The number of likely N-dealkylation sites (N-methyl/N-ethyl adjacent to an activating group) is 1. The van der Waals surface area contributed by atoms with Crippen LogP contribution in [0.5, 0.6) is 23.0 Å². The van der Waals surface area contributed by atoms with Crippen LogP contribution < -0.4 is 19.5 Å². The van der Waals surface area contributed by atoms with Gasteiger partial charge >= 0.3 is 5.97 Å². The van der Waals surface area contributed by atoms with Gasteiger partial charge in [0.1, 0.15) is 12.6 Å². The molecule has 11 rings (SSSR count). The highest BCUT2D eigenvalue weighted by Gasteiger charge is 2.61. The summed E-state index contributed by atoms with van der Waals surface area (Å²) in [5, 5.41) is 27.7. The molecule has 3 aromatic carbocycles. The van der Waals surface area contributed by atoms with E-state index in [0.29, 0.717) is 36.0 Å². The van der Waals surface area contributed by atoms with Crippen LogP contribution in [0.2, 0.25) is 0 Å². The number of hydrogen-bond acceptors (Lipinski definition) is 11. The van der Waals surface area contributed by atoms with Crippen LogP contribution >= 0.6 is 11.8 Å². The fourth-order valence-electron chi connectivity index (χ4n) is 10.7. The Kier molecular flexibility index (Phi) is 7.23. The lowest BCUT2D eigenvalue weighted by Crippen LogP contribution is -2.69. The third-order valence-corrected chi connectivity index (χ3v) is 14.6. The number of piperazine rings is 1. The van der Waals surface area contributed by atoms with Crippen molar-refractivity contribution in [1.82, 2.24) is 20.1 Å². The number of fused-ring (bicyclic) bond motifs is 11. The maximum atomic E-state index is 14.8. The van der Waals surface area contributed by atoms with E-state index in [1.165, 1.54) is 5.56 Å². The van der Waals surface area contributed by atoms with Crippen LogP contribution in [0, 0.1) is 39.0 Å². The normalized spacial score (nSPS) is 29.9. The van der Waals surface area contributed by atoms with Gasteiger partial charge < -0.3 is 29.0 Å². The molecule has 0 unspecified atom stereocenters. The Morgan fingerprint density at radius 1 is 1.08 bits per heavy atom. The van der Waals surface area contributed by atoms with Gasteiger partial charge in [-0.05, 0) is 93.1 Å². The second-order valence-corrected chi connectivity index (χ2v) is 16.8. The fraction of sp³-hybridized carbons (Fsp3) is 0.463. The highest BCUT2D eigenvalue weighted by Crippen LogP contribution is 2.63. The highest BCUT2D eigenvalue weighted by atomic mass is 32.2. The third-order valence-electron chi connectivity index (χ3n) is 13.2. The van der Waals surface area contributed by atoms with E-state index in [1.807, 2.05) is 6.92 Å². The summed E-state index contributed by atoms with van der Waals surface area (Å²) in [7, 11) is 3.68. The van der Waals surface area contributed by atoms with Crippen LogP contribution in [-0.4, -0.2) is 83.8 Å². The molecule has 11 nitrogen and oxygen atoms in total. The van der Waals surface area contributed by atoms with Gasteiger partial charge in [-0.2, -0.15) is 5.26 Å². The number of benzene rings is 3. The number of aryl methyl sites for hydroxylation is 2. The molecular weight excluding hydrogens is 691 g/mol. The number of rotatable bonds is 1. The number of phenolic OH excluding ortho intramolecular Hbond substituents is 1.